The first kappa shape index (κ1) is 15.6. The Morgan fingerprint density at radius 3 is 2.53 bits per heavy atom. The van der Waals surface area contributed by atoms with Crippen molar-refractivity contribution in [1.29, 1.82) is 0 Å². The molecule has 0 aromatic heterocycles. The molecule has 85 valence electrons. The van der Waals surface area contributed by atoms with E-state index in [1.54, 1.807) is 0 Å². The molecule has 2 atom stereocenters. The third-order valence-corrected chi connectivity index (χ3v) is 2.64. The van der Waals surface area contributed by atoms with Crippen molar-refractivity contribution in [2.24, 2.45) is 0 Å². The van der Waals surface area contributed by atoms with Gasteiger partial charge in [0.15, 0.2) is 6.79 Å². The molecule has 1 aliphatic carbocycles. The maximum absolute atomic E-state index is 11.1. The van der Waals surface area contributed by atoms with Crippen LogP contribution in [0.4, 0.5) is 4.79 Å². The first-order chi connectivity index (χ1) is 6.77. The number of alkyl carbamates (subject to hydrolysis) is 1. The second-order valence-corrected chi connectivity index (χ2v) is 3.49. The fourth-order valence-corrected chi connectivity index (χ4v) is 1.90. The van der Waals surface area contributed by atoms with Crippen molar-refractivity contribution in [2.75, 3.05) is 13.8 Å². The maximum atomic E-state index is 11.1. The average molecular weight is 429 g/mol. The second kappa shape index (κ2) is 8.75. The smallest absolute Gasteiger partial charge is 0.409 e. The summed E-state index contributed by atoms with van der Waals surface area (Å²) in [5.74, 6) is 0. The van der Waals surface area contributed by atoms with Crippen LogP contribution in [0.1, 0.15) is 25.7 Å². The van der Waals surface area contributed by atoms with Crippen LogP contribution in [0.25, 0.3) is 0 Å². The number of carbonyl (C=O) groups excluding carboxylic acids is 1. The molecular formula is C9H18AcN2O3. The van der Waals surface area contributed by atoms with Gasteiger partial charge in [-0.2, -0.15) is 0 Å². The van der Waals surface area contributed by atoms with Gasteiger partial charge in [-0.15, -0.1) is 0 Å². The molecule has 1 saturated carbocycles. The predicted octanol–water partition coefficient (Wildman–Crippen LogP) is 0.193. The molecule has 0 aromatic carbocycles. The van der Waals surface area contributed by atoms with Crippen LogP contribution < -0.4 is 10.6 Å². The number of aliphatic hydroxyl groups excluding tert-OH is 1. The minimum atomic E-state index is -0.567. The number of ether oxygens (including phenoxy) is 1. The fraction of sp³-hybridized carbons (Fsp3) is 0.889. The summed E-state index contributed by atoms with van der Waals surface area (Å²) in [5, 5.41) is 14.3. The first-order valence-electron chi connectivity index (χ1n) is 4.99. The number of nitrogens with one attached hydrogen (secondary N) is 2. The number of rotatable bonds is 3. The van der Waals surface area contributed by atoms with Crippen molar-refractivity contribution in [1.82, 2.24) is 10.6 Å². The summed E-state index contributed by atoms with van der Waals surface area (Å²) in [6, 6.07) is 0.433. The quantitative estimate of drug-likeness (QED) is 0.561. The van der Waals surface area contributed by atoms with E-state index < -0.39 is 12.9 Å². The normalized spacial score (nSPS) is 25.2. The van der Waals surface area contributed by atoms with E-state index in [1.165, 1.54) is 6.42 Å². The van der Waals surface area contributed by atoms with E-state index in [2.05, 4.69) is 15.4 Å². The summed E-state index contributed by atoms with van der Waals surface area (Å²) in [6.45, 7) is -0.567. The molecule has 1 rings (SSSR count). The number of aliphatic hydroxyl groups is 1. The van der Waals surface area contributed by atoms with Crippen LogP contribution in [0.3, 0.4) is 0 Å². The Morgan fingerprint density at radius 2 is 2.00 bits per heavy atom. The Kier molecular flexibility index (Phi) is 9.11. The zero-order valence-electron chi connectivity index (χ0n) is 9.03. The van der Waals surface area contributed by atoms with E-state index in [0.717, 1.165) is 19.3 Å². The third kappa shape index (κ3) is 5.48. The largest absolute Gasteiger partial charge is 0.423 e. The molecule has 0 aromatic rings. The second-order valence-electron chi connectivity index (χ2n) is 3.49. The van der Waals surface area contributed by atoms with E-state index >= 15 is 0 Å². The Morgan fingerprint density at radius 1 is 1.40 bits per heavy atom. The van der Waals surface area contributed by atoms with Gasteiger partial charge < -0.3 is 20.5 Å². The molecule has 2 unspecified atom stereocenters. The molecule has 0 heterocycles. The van der Waals surface area contributed by atoms with E-state index in [-0.39, 0.29) is 50.1 Å². The molecular weight excluding hydrogens is 411 g/mol. The van der Waals surface area contributed by atoms with Gasteiger partial charge in [-0.05, 0) is 19.9 Å². The number of hydrogen-bond donors (Lipinski definition) is 3. The van der Waals surface area contributed by atoms with Crippen molar-refractivity contribution in [3.8, 4) is 0 Å². The van der Waals surface area contributed by atoms with Crippen LogP contribution in [-0.2, 0) is 4.74 Å². The number of likely N-dealkylation sites (N-methyl/N-ethyl adjacent to an activating group) is 1. The summed E-state index contributed by atoms with van der Waals surface area (Å²) in [5.41, 5.74) is 0. The molecule has 0 bridgehead atoms. The van der Waals surface area contributed by atoms with Crippen molar-refractivity contribution < 1.29 is 58.7 Å². The maximum Gasteiger partial charge on any atom is 0.409 e. The van der Waals surface area contributed by atoms with Crippen molar-refractivity contribution in [3.63, 3.8) is 0 Å². The van der Waals surface area contributed by atoms with Gasteiger partial charge in [-0.25, -0.2) is 4.79 Å². The molecule has 1 fully saturated rings. The molecule has 1 amide bonds. The standard InChI is InChI=1S/C9H18N2O3.Ac/c1-10-7-4-2-3-5-8(7)11-9(13)14-6-12;/h7-8,10,12H,2-6H2,1H3,(H,11,13);. The molecule has 3 N–H and O–H groups in total. The van der Waals surface area contributed by atoms with Crippen LogP contribution in [-0.4, -0.2) is 37.1 Å². The molecule has 0 saturated heterocycles. The SMILES string of the molecule is CNC1CCCCC1NC(=O)OCO.[Ac]. The summed E-state index contributed by atoms with van der Waals surface area (Å²) in [7, 11) is 1.89. The Balaban J connectivity index is 0.00000196. The summed E-state index contributed by atoms with van der Waals surface area (Å²) >= 11 is 0. The van der Waals surface area contributed by atoms with E-state index in [0.29, 0.717) is 6.04 Å². The van der Waals surface area contributed by atoms with Gasteiger partial charge in [-0.3, -0.25) is 0 Å². The van der Waals surface area contributed by atoms with Crippen molar-refractivity contribution in [2.45, 2.75) is 37.8 Å². The van der Waals surface area contributed by atoms with Gasteiger partial charge in [0.05, 0.1) is 0 Å². The van der Waals surface area contributed by atoms with Crippen molar-refractivity contribution in [3.05, 3.63) is 0 Å². The van der Waals surface area contributed by atoms with Gasteiger partial charge >= 0.3 is 6.09 Å². The fourth-order valence-electron chi connectivity index (χ4n) is 1.90. The Labute approximate surface area is 126 Å². The number of hydrogen-bond acceptors (Lipinski definition) is 4. The van der Waals surface area contributed by atoms with Gasteiger partial charge in [0, 0.05) is 56.1 Å². The number of amides is 1. The minimum absolute atomic E-state index is 0. The van der Waals surface area contributed by atoms with Gasteiger partial charge in [0.25, 0.3) is 0 Å². The Bertz CT molecular complexity index is 192. The minimum Gasteiger partial charge on any atom is -0.423 e. The van der Waals surface area contributed by atoms with Crippen LogP contribution in [0.2, 0.25) is 0 Å². The van der Waals surface area contributed by atoms with Crippen LogP contribution >= 0.6 is 0 Å². The first-order valence-corrected chi connectivity index (χ1v) is 4.99. The van der Waals surface area contributed by atoms with Crippen LogP contribution in [0.15, 0.2) is 0 Å². The average Bonchev–Trinajstić information content (AvgIpc) is 2.19. The third-order valence-electron chi connectivity index (χ3n) is 2.64. The zero-order chi connectivity index (χ0) is 10.4. The van der Waals surface area contributed by atoms with E-state index in [1.807, 2.05) is 7.05 Å². The number of carbonyl (C=O) groups is 1. The van der Waals surface area contributed by atoms with Crippen LogP contribution in [0.5, 0.6) is 0 Å². The van der Waals surface area contributed by atoms with E-state index in [9.17, 15) is 4.79 Å². The summed E-state index contributed by atoms with van der Waals surface area (Å²) in [6.07, 6.45) is 3.81. The predicted molar refractivity (Wildman–Crippen MR) is 51.8 cm³/mol. The zero-order valence-corrected chi connectivity index (χ0v) is 13.8. The molecule has 0 aliphatic heterocycles. The molecule has 1 radical (unpaired) electrons. The Hall–Kier alpha value is 0.632. The molecule has 5 nitrogen and oxygen atoms in total. The van der Waals surface area contributed by atoms with Gasteiger partial charge in [0.2, 0.25) is 0 Å². The van der Waals surface area contributed by atoms with E-state index in [4.69, 9.17) is 5.11 Å². The van der Waals surface area contributed by atoms with Gasteiger partial charge in [0.1, 0.15) is 0 Å². The monoisotopic (exact) mass is 429 g/mol. The van der Waals surface area contributed by atoms with Crippen LogP contribution in [0, 0.1) is 44.1 Å². The van der Waals surface area contributed by atoms with Crippen molar-refractivity contribution >= 4 is 6.09 Å². The molecule has 0 spiro atoms. The molecule has 15 heavy (non-hydrogen) atoms. The molecule has 1 aliphatic rings. The molecule has 6 heteroatoms. The summed E-state index contributed by atoms with van der Waals surface area (Å²) < 4.78 is 4.42. The summed E-state index contributed by atoms with van der Waals surface area (Å²) in [4.78, 5) is 11.1. The topological polar surface area (TPSA) is 70.6 Å². The van der Waals surface area contributed by atoms with Gasteiger partial charge in [-0.1, -0.05) is 12.8 Å².